The lowest BCUT2D eigenvalue weighted by molar-refractivity contribution is -0.0761. The second-order valence-corrected chi connectivity index (χ2v) is 4.76. The Morgan fingerprint density at radius 2 is 1.94 bits per heavy atom. The highest BCUT2D eigenvalue weighted by Crippen LogP contribution is 2.41. The molecule has 2 rings (SSSR count). The van der Waals surface area contributed by atoms with E-state index in [1.54, 1.807) is 14.2 Å². The van der Waals surface area contributed by atoms with Gasteiger partial charge < -0.3 is 15.2 Å². The Morgan fingerprint density at radius 3 is 2.47 bits per heavy atom. The fourth-order valence-corrected chi connectivity index (χ4v) is 2.73. The first-order valence-electron chi connectivity index (χ1n) is 6.14. The number of nitrogen functional groups attached to an aromatic ring is 1. The van der Waals surface area contributed by atoms with Crippen LogP contribution in [0.1, 0.15) is 31.2 Å². The molecule has 3 nitrogen and oxygen atoms in total. The van der Waals surface area contributed by atoms with Crippen molar-refractivity contribution in [3.8, 4) is 0 Å². The molecule has 0 aromatic heterocycles. The molecule has 0 spiro atoms. The van der Waals surface area contributed by atoms with Crippen molar-refractivity contribution in [1.82, 2.24) is 0 Å². The zero-order valence-corrected chi connectivity index (χ0v) is 10.6. The van der Waals surface area contributed by atoms with Gasteiger partial charge in [-0.2, -0.15) is 0 Å². The summed E-state index contributed by atoms with van der Waals surface area (Å²) in [5, 5.41) is 0. The van der Waals surface area contributed by atoms with E-state index in [0.29, 0.717) is 6.10 Å². The molecule has 1 aliphatic rings. The predicted molar refractivity (Wildman–Crippen MR) is 68.8 cm³/mol. The number of rotatable bonds is 3. The van der Waals surface area contributed by atoms with E-state index in [1.165, 1.54) is 5.56 Å². The lowest BCUT2D eigenvalue weighted by atomic mass is 9.78. The van der Waals surface area contributed by atoms with Crippen LogP contribution in [0.4, 0.5) is 5.69 Å². The third kappa shape index (κ3) is 2.45. The third-order valence-electron chi connectivity index (χ3n) is 3.88. The van der Waals surface area contributed by atoms with E-state index in [0.717, 1.165) is 31.4 Å². The second kappa shape index (κ2) is 5.07. The van der Waals surface area contributed by atoms with Crippen molar-refractivity contribution in [2.75, 3.05) is 20.0 Å². The van der Waals surface area contributed by atoms with Crippen molar-refractivity contribution < 1.29 is 9.47 Å². The highest BCUT2D eigenvalue weighted by molar-refractivity contribution is 5.42. The Labute approximate surface area is 103 Å². The third-order valence-corrected chi connectivity index (χ3v) is 3.88. The fourth-order valence-electron chi connectivity index (χ4n) is 2.73. The molecule has 1 aromatic carbocycles. The van der Waals surface area contributed by atoms with Gasteiger partial charge in [0, 0.05) is 19.9 Å². The minimum absolute atomic E-state index is 0.176. The van der Waals surface area contributed by atoms with E-state index >= 15 is 0 Å². The van der Waals surface area contributed by atoms with E-state index in [1.807, 2.05) is 18.2 Å². The van der Waals surface area contributed by atoms with Crippen LogP contribution in [-0.4, -0.2) is 20.3 Å². The van der Waals surface area contributed by atoms with E-state index in [9.17, 15) is 0 Å². The summed E-state index contributed by atoms with van der Waals surface area (Å²) in [5.41, 5.74) is 7.66. The molecule has 0 amide bonds. The molecular formula is C14H21NO2. The molecule has 0 unspecified atom stereocenters. The van der Waals surface area contributed by atoms with Crippen LogP contribution in [0.15, 0.2) is 24.3 Å². The van der Waals surface area contributed by atoms with Crippen LogP contribution in [0.5, 0.6) is 0 Å². The molecule has 94 valence electrons. The molecule has 1 aliphatic carbocycles. The van der Waals surface area contributed by atoms with Gasteiger partial charge in [-0.25, -0.2) is 0 Å². The van der Waals surface area contributed by atoms with E-state index < -0.39 is 0 Å². The van der Waals surface area contributed by atoms with Crippen molar-refractivity contribution in [3.05, 3.63) is 29.8 Å². The number of benzene rings is 1. The summed E-state index contributed by atoms with van der Waals surface area (Å²) in [6.45, 7) is 0. The standard InChI is InChI=1S/C14H21NO2/c1-16-13-6-8-14(17-2,9-7-13)11-4-3-5-12(15)10-11/h3-5,10,13H,6-9,15H2,1-2H3. The van der Waals surface area contributed by atoms with Gasteiger partial charge in [0.1, 0.15) is 0 Å². The fraction of sp³-hybridized carbons (Fsp3) is 0.571. The number of anilines is 1. The minimum Gasteiger partial charge on any atom is -0.399 e. The number of hydrogen-bond donors (Lipinski definition) is 1. The maximum atomic E-state index is 5.85. The summed E-state index contributed by atoms with van der Waals surface area (Å²) >= 11 is 0. The summed E-state index contributed by atoms with van der Waals surface area (Å²) in [7, 11) is 3.57. The quantitative estimate of drug-likeness (QED) is 0.819. The normalized spacial score (nSPS) is 29.2. The smallest absolute Gasteiger partial charge is 0.0930 e. The number of nitrogens with two attached hydrogens (primary N) is 1. The van der Waals surface area contributed by atoms with Gasteiger partial charge in [-0.1, -0.05) is 12.1 Å². The summed E-state index contributed by atoms with van der Waals surface area (Å²) in [6, 6.07) is 8.03. The molecule has 17 heavy (non-hydrogen) atoms. The van der Waals surface area contributed by atoms with Crippen LogP contribution in [-0.2, 0) is 15.1 Å². The summed E-state index contributed by atoms with van der Waals surface area (Å²) < 4.78 is 11.2. The van der Waals surface area contributed by atoms with Gasteiger partial charge in [0.2, 0.25) is 0 Å². The average Bonchev–Trinajstić information content (AvgIpc) is 2.39. The highest BCUT2D eigenvalue weighted by atomic mass is 16.5. The Balaban J connectivity index is 2.21. The lowest BCUT2D eigenvalue weighted by Gasteiger charge is -2.39. The van der Waals surface area contributed by atoms with Crippen molar-refractivity contribution in [1.29, 1.82) is 0 Å². The Bertz CT molecular complexity index is 370. The van der Waals surface area contributed by atoms with Crippen LogP contribution >= 0.6 is 0 Å². The second-order valence-electron chi connectivity index (χ2n) is 4.76. The van der Waals surface area contributed by atoms with Crippen LogP contribution < -0.4 is 5.73 Å². The molecule has 0 radical (unpaired) electrons. The molecule has 0 saturated heterocycles. The maximum Gasteiger partial charge on any atom is 0.0930 e. The molecular weight excluding hydrogens is 214 g/mol. The molecule has 0 heterocycles. The van der Waals surface area contributed by atoms with Gasteiger partial charge in [0.25, 0.3) is 0 Å². The van der Waals surface area contributed by atoms with Crippen molar-refractivity contribution in [3.63, 3.8) is 0 Å². The average molecular weight is 235 g/mol. The topological polar surface area (TPSA) is 44.5 Å². The SMILES string of the molecule is COC1CCC(OC)(c2cccc(N)c2)CC1. The number of hydrogen-bond acceptors (Lipinski definition) is 3. The zero-order chi connectivity index (χ0) is 12.3. The molecule has 0 bridgehead atoms. The van der Waals surface area contributed by atoms with Crippen molar-refractivity contribution >= 4 is 5.69 Å². The van der Waals surface area contributed by atoms with E-state index in [4.69, 9.17) is 15.2 Å². The van der Waals surface area contributed by atoms with E-state index in [-0.39, 0.29) is 5.60 Å². The molecule has 1 saturated carbocycles. The van der Waals surface area contributed by atoms with Gasteiger partial charge in [-0.3, -0.25) is 0 Å². The van der Waals surface area contributed by atoms with Crippen LogP contribution in [0.3, 0.4) is 0 Å². The molecule has 3 heteroatoms. The Hall–Kier alpha value is -1.06. The van der Waals surface area contributed by atoms with Gasteiger partial charge in [0.05, 0.1) is 11.7 Å². The molecule has 1 fully saturated rings. The molecule has 0 atom stereocenters. The van der Waals surface area contributed by atoms with Gasteiger partial charge in [0.15, 0.2) is 0 Å². The van der Waals surface area contributed by atoms with E-state index in [2.05, 4.69) is 6.07 Å². The number of methoxy groups -OCH3 is 2. The highest BCUT2D eigenvalue weighted by Gasteiger charge is 2.37. The molecule has 2 N–H and O–H groups in total. The zero-order valence-electron chi connectivity index (χ0n) is 10.6. The summed E-state index contributed by atoms with van der Waals surface area (Å²) in [5.74, 6) is 0. The first kappa shape index (κ1) is 12.4. The van der Waals surface area contributed by atoms with Crippen LogP contribution in [0.2, 0.25) is 0 Å². The maximum absolute atomic E-state index is 5.85. The lowest BCUT2D eigenvalue weighted by Crippen LogP contribution is -2.35. The Morgan fingerprint density at radius 1 is 1.24 bits per heavy atom. The van der Waals surface area contributed by atoms with Gasteiger partial charge >= 0.3 is 0 Å². The first-order valence-corrected chi connectivity index (χ1v) is 6.14. The molecule has 1 aromatic rings. The molecule has 0 aliphatic heterocycles. The van der Waals surface area contributed by atoms with Crippen LogP contribution in [0, 0.1) is 0 Å². The summed E-state index contributed by atoms with van der Waals surface area (Å²) in [6.07, 6.45) is 4.44. The summed E-state index contributed by atoms with van der Waals surface area (Å²) in [4.78, 5) is 0. The van der Waals surface area contributed by atoms with Gasteiger partial charge in [-0.05, 0) is 43.4 Å². The number of ether oxygens (including phenoxy) is 2. The van der Waals surface area contributed by atoms with Crippen molar-refractivity contribution in [2.45, 2.75) is 37.4 Å². The van der Waals surface area contributed by atoms with Gasteiger partial charge in [-0.15, -0.1) is 0 Å². The Kier molecular flexibility index (Phi) is 3.69. The minimum atomic E-state index is -0.176. The van der Waals surface area contributed by atoms with Crippen LogP contribution in [0.25, 0.3) is 0 Å². The van der Waals surface area contributed by atoms with Crippen molar-refractivity contribution in [2.24, 2.45) is 0 Å². The monoisotopic (exact) mass is 235 g/mol. The largest absolute Gasteiger partial charge is 0.399 e. The predicted octanol–water partition coefficient (Wildman–Crippen LogP) is 2.70. The first-order chi connectivity index (χ1) is 8.20.